The lowest BCUT2D eigenvalue weighted by Crippen LogP contribution is -2.36. The van der Waals surface area contributed by atoms with Crippen LogP contribution in [0.4, 0.5) is 5.82 Å². The number of fused-ring (bicyclic) bond motifs is 1. The molecule has 4 rings (SSSR count). The van der Waals surface area contributed by atoms with Gasteiger partial charge >= 0.3 is 0 Å². The molecule has 1 aliphatic carbocycles. The zero-order valence-corrected chi connectivity index (χ0v) is 21.4. The Bertz CT molecular complexity index is 1140. The van der Waals surface area contributed by atoms with Gasteiger partial charge in [-0.25, -0.2) is 9.97 Å². The molecule has 0 radical (unpaired) electrons. The number of nitrogens with two attached hydrogens (primary N) is 1. The van der Waals surface area contributed by atoms with Gasteiger partial charge in [0.2, 0.25) is 0 Å². The molecular weight excluding hydrogens is 446 g/mol. The Morgan fingerprint density at radius 2 is 2.12 bits per heavy atom. The van der Waals surface area contributed by atoms with Crippen LogP contribution in [-0.4, -0.2) is 45.1 Å². The molecule has 2 aliphatic rings. The number of ether oxygens (including phenoxy) is 2. The first-order valence-electron chi connectivity index (χ1n) is 12.0. The van der Waals surface area contributed by atoms with Crippen molar-refractivity contribution in [3.63, 3.8) is 0 Å². The number of nitrogens with zero attached hydrogens (tertiary/aromatic N) is 3. The van der Waals surface area contributed by atoms with Crippen LogP contribution in [0.3, 0.4) is 0 Å². The van der Waals surface area contributed by atoms with Crippen LogP contribution in [0, 0.1) is 17.8 Å². The average molecular weight is 482 g/mol. The molecule has 34 heavy (non-hydrogen) atoms. The number of nitrogens with one attached hydrogen (secondary N) is 1. The molecule has 0 fully saturated rings. The first-order chi connectivity index (χ1) is 16.4. The van der Waals surface area contributed by atoms with Crippen LogP contribution in [0.5, 0.6) is 0 Å². The van der Waals surface area contributed by atoms with Gasteiger partial charge in [-0.1, -0.05) is 30.7 Å². The number of allylic oxidation sites excluding steroid dienone is 3. The summed E-state index contributed by atoms with van der Waals surface area (Å²) in [6.45, 7) is 11.6. The number of rotatable bonds is 6. The molecule has 2 aromatic heterocycles. The Balaban J connectivity index is 1.64. The Morgan fingerprint density at radius 3 is 2.91 bits per heavy atom. The van der Waals surface area contributed by atoms with Crippen LogP contribution in [0.2, 0.25) is 0 Å². The number of hydrogen-bond acceptors (Lipinski definition) is 7. The van der Waals surface area contributed by atoms with Gasteiger partial charge < -0.3 is 25.1 Å². The van der Waals surface area contributed by atoms with Crippen LogP contribution in [0.1, 0.15) is 47.0 Å². The summed E-state index contributed by atoms with van der Waals surface area (Å²) in [4.78, 5) is 9.21. The van der Waals surface area contributed by atoms with Crippen LogP contribution < -0.4 is 11.1 Å². The van der Waals surface area contributed by atoms with E-state index in [-0.39, 0.29) is 16.7 Å². The van der Waals surface area contributed by atoms with E-state index < -0.39 is 0 Å². The third kappa shape index (κ3) is 5.89. The maximum atomic E-state index is 6.20. The smallest absolute Gasteiger partial charge is 0.169 e. The Kier molecular flexibility index (Phi) is 7.74. The Labute approximate surface area is 206 Å². The molecule has 2 atom stereocenters. The van der Waals surface area contributed by atoms with Crippen molar-refractivity contribution in [3.05, 3.63) is 35.9 Å². The van der Waals surface area contributed by atoms with E-state index in [2.05, 4.69) is 60.5 Å². The minimum absolute atomic E-state index is 0.0639. The van der Waals surface area contributed by atoms with Crippen molar-refractivity contribution in [1.82, 2.24) is 19.9 Å². The molecule has 0 aromatic carbocycles. The van der Waals surface area contributed by atoms with E-state index in [1.807, 2.05) is 12.1 Å². The van der Waals surface area contributed by atoms with Gasteiger partial charge in [-0.15, -0.1) is 5.92 Å². The van der Waals surface area contributed by atoms with Gasteiger partial charge in [-0.3, -0.25) is 0 Å². The van der Waals surface area contributed by atoms with Gasteiger partial charge in [-0.2, -0.15) is 0 Å². The second-order valence-electron chi connectivity index (χ2n) is 9.54. The van der Waals surface area contributed by atoms with Crippen LogP contribution >= 0.6 is 11.8 Å². The van der Waals surface area contributed by atoms with Gasteiger partial charge in [0.25, 0.3) is 0 Å². The Hall–Kier alpha value is -2.63. The fourth-order valence-electron chi connectivity index (χ4n) is 4.06. The number of imidazole rings is 1. The highest BCUT2D eigenvalue weighted by Crippen LogP contribution is 2.38. The molecule has 1 aliphatic heterocycles. The predicted molar refractivity (Wildman–Crippen MR) is 138 cm³/mol. The number of nitrogen functional groups attached to an aromatic ring is 1. The average Bonchev–Trinajstić information content (AvgIpc) is 3.05. The van der Waals surface area contributed by atoms with Crippen LogP contribution in [-0.2, 0) is 16.0 Å². The van der Waals surface area contributed by atoms with E-state index in [1.165, 1.54) is 0 Å². The molecule has 0 bridgehead atoms. The predicted octanol–water partition coefficient (Wildman–Crippen LogP) is 4.50. The highest BCUT2D eigenvalue weighted by molar-refractivity contribution is 7.99. The lowest BCUT2D eigenvalue weighted by Gasteiger charge is -2.23. The zero-order valence-electron chi connectivity index (χ0n) is 20.6. The second kappa shape index (κ2) is 10.7. The standard InChI is InChI=1S/C26H35N5O2S/c1-5-6-8-18-9-10-20-21(33-16-15-32-20)17-22(18)34-25-30-23-19(11-13-28-24(23)27)31(25)14-7-12-29-26(2,3)4/h9-11,13,18,22,29H,5,7,12,14-17H2,1-4H3,(H2,27,28). The lowest BCUT2D eigenvalue weighted by molar-refractivity contribution is 0.0651. The molecule has 0 spiro atoms. The van der Waals surface area contributed by atoms with E-state index >= 15 is 0 Å². The molecule has 2 aromatic rings. The summed E-state index contributed by atoms with van der Waals surface area (Å²) in [7, 11) is 0. The largest absolute Gasteiger partial charge is 0.490 e. The van der Waals surface area contributed by atoms with Crippen molar-refractivity contribution < 1.29 is 9.47 Å². The van der Waals surface area contributed by atoms with E-state index in [1.54, 1.807) is 18.0 Å². The quantitative estimate of drug-likeness (QED) is 0.464. The molecule has 3 heterocycles. The molecule has 8 heteroatoms. The molecular formula is C26H35N5O2S. The molecule has 0 saturated carbocycles. The summed E-state index contributed by atoms with van der Waals surface area (Å²) in [5.41, 5.74) is 8.07. The van der Waals surface area contributed by atoms with Crippen molar-refractivity contribution in [2.45, 2.75) is 69.4 Å². The Morgan fingerprint density at radius 1 is 1.29 bits per heavy atom. The van der Waals surface area contributed by atoms with Crippen molar-refractivity contribution in [1.29, 1.82) is 0 Å². The fourth-order valence-corrected chi connectivity index (χ4v) is 5.33. The van der Waals surface area contributed by atoms with Crippen molar-refractivity contribution in [3.8, 4) is 11.8 Å². The van der Waals surface area contributed by atoms with Gasteiger partial charge in [0.1, 0.15) is 24.5 Å². The van der Waals surface area contributed by atoms with E-state index in [0.717, 1.165) is 60.1 Å². The molecule has 182 valence electrons. The van der Waals surface area contributed by atoms with Crippen molar-refractivity contribution >= 4 is 28.6 Å². The van der Waals surface area contributed by atoms with Gasteiger partial charge in [0, 0.05) is 36.4 Å². The fraction of sp³-hybridized carbons (Fsp3) is 0.538. The number of hydrogen-bond donors (Lipinski definition) is 2. The van der Waals surface area contributed by atoms with Crippen molar-refractivity contribution in [2.75, 3.05) is 25.5 Å². The molecule has 7 nitrogen and oxygen atoms in total. The number of anilines is 1. The number of aryl methyl sites for hydroxylation is 1. The third-order valence-corrected chi connectivity index (χ3v) is 7.00. The SMILES string of the molecule is CCC#CC1C=CC2=C(CC1Sc1nc3c(N)nccc3n1CCCNC(C)(C)C)OCCO2. The van der Waals surface area contributed by atoms with Crippen LogP contribution in [0.25, 0.3) is 11.0 Å². The summed E-state index contributed by atoms with van der Waals surface area (Å²) in [5, 5.41) is 4.65. The first-order valence-corrected chi connectivity index (χ1v) is 12.9. The molecule has 3 N–H and O–H groups in total. The molecule has 0 saturated heterocycles. The first kappa shape index (κ1) is 24.5. The second-order valence-corrected chi connectivity index (χ2v) is 10.8. The van der Waals surface area contributed by atoms with Gasteiger partial charge in [-0.05, 0) is 45.9 Å². The minimum atomic E-state index is 0.0639. The summed E-state index contributed by atoms with van der Waals surface area (Å²) < 4.78 is 14.1. The normalized spacial score (nSPS) is 20.2. The van der Waals surface area contributed by atoms with Gasteiger partial charge in [0.05, 0.1) is 11.4 Å². The zero-order chi connectivity index (χ0) is 24.1. The minimum Gasteiger partial charge on any atom is -0.490 e. The van der Waals surface area contributed by atoms with E-state index in [0.29, 0.717) is 19.0 Å². The maximum absolute atomic E-state index is 6.20. The summed E-state index contributed by atoms with van der Waals surface area (Å²) in [6, 6.07) is 2.00. The van der Waals surface area contributed by atoms with Crippen molar-refractivity contribution in [2.24, 2.45) is 5.92 Å². The van der Waals surface area contributed by atoms with Crippen LogP contribution in [0.15, 0.2) is 41.1 Å². The summed E-state index contributed by atoms with van der Waals surface area (Å²) in [6.07, 6.45) is 8.46. The third-order valence-electron chi connectivity index (χ3n) is 5.71. The van der Waals surface area contributed by atoms with E-state index in [4.69, 9.17) is 20.2 Å². The lowest BCUT2D eigenvalue weighted by atomic mass is 10.0. The highest BCUT2D eigenvalue weighted by Gasteiger charge is 2.29. The number of pyridine rings is 1. The monoisotopic (exact) mass is 481 g/mol. The topological polar surface area (TPSA) is 87.2 Å². The number of aromatic nitrogens is 3. The maximum Gasteiger partial charge on any atom is 0.169 e. The molecule has 0 amide bonds. The van der Waals surface area contributed by atoms with E-state index in [9.17, 15) is 0 Å². The molecule has 2 unspecified atom stereocenters. The van der Waals surface area contributed by atoms with Gasteiger partial charge in [0.15, 0.2) is 16.7 Å². The highest BCUT2D eigenvalue weighted by atomic mass is 32.2. The summed E-state index contributed by atoms with van der Waals surface area (Å²) >= 11 is 1.74. The number of thioether (sulfide) groups is 1. The summed E-state index contributed by atoms with van der Waals surface area (Å²) in [5.74, 6) is 8.97.